The maximum Gasteiger partial charge on any atom is 0.573 e. The van der Waals surface area contributed by atoms with Gasteiger partial charge in [-0.25, -0.2) is 4.39 Å². The molecule has 1 saturated heterocycles. The van der Waals surface area contributed by atoms with Crippen LogP contribution in [0.3, 0.4) is 0 Å². The van der Waals surface area contributed by atoms with Gasteiger partial charge in [0.05, 0.1) is 18.3 Å². The molecule has 0 atom stereocenters. The van der Waals surface area contributed by atoms with Crippen LogP contribution in [-0.2, 0) is 6.54 Å². The molecule has 1 aromatic heterocycles. The second-order valence-electron chi connectivity index (χ2n) is 7.66. The maximum atomic E-state index is 14.6. The van der Waals surface area contributed by atoms with Crippen molar-refractivity contribution in [2.24, 2.45) is 0 Å². The Hall–Kier alpha value is -3.33. The first-order valence-corrected chi connectivity index (χ1v) is 9.96. The van der Waals surface area contributed by atoms with Gasteiger partial charge in [-0.05, 0) is 55.0 Å². The highest BCUT2D eigenvalue weighted by atomic mass is 19.4. The number of hydrogen-bond acceptors (Lipinski definition) is 4. The number of ether oxygens (including phenoxy) is 1. The van der Waals surface area contributed by atoms with Crippen molar-refractivity contribution in [1.29, 1.82) is 0 Å². The first-order valence-electron chi connectivity index (χ1n) is 9.96. The van der Waals surface area contributed by atoms with E-state index in [4.69, 9.17) is 0 Å². The predicted molar refractivity (Wildman–Crippen MR) is 113 cm³/mol. The molecule has 5 nitrogen and oxygen atoms in total. The third-order valence-corrected chi connectivity index (χ3v) is 5.11. The SMILES string of the molecule is Cc1cc(/C=C(\F)c2ccc(OC(F)(F)F)cc2)nn1Cc1cccc(N2CC(O)C2)c1. The van der Waals surface area contributed by atoms with Crippen LogP contribution in [0.2, 0.25) is 0 Å². The van der Waals surface area contributed by atoms with Gasteiger partial charge in [0.15, 0.2) is 0 Å². The summed E-state index contributed by atoms with van der Waals surface area (Å²) in [7, 11) is 0. The van der Waals surface area contributed by atoms with Crippen LogP contribution in [0.25, 0.3) is 11.9 Å². The summed E-state index contributed by atoms with van der Waals surface area (Å²) in [5, 5.41) is 13.9. The Labute approximate surface area is 182 Å². The van der Waals surface area contributed by atoms with Crippen LogP contribution in [0, 0.1) is 6.92 Å². The van der Waals surface area contributed by atoms with E-state index in [-0.39, 0.29) is 11.7 Å². The fourth-order valence-corrected chi connectivity index (χ4v) is 3.49. The van der Waals surface area contributed by atoms with E-state index in [0.717, 1.165) is 29.1 Å². The van der Waals surface area contributed by atoms with Gasteiger partial charge in [0.1, 0.15) is 11.6 Å². The van der Waals surface area contributed by atoms with E-state index in [0.29, 0.717) is 25.3 Å². The third kappa shape index (κ3) is 5.28. The van der Waals surface area contributed by atoms with Crippen molar-refractivity contribution in [3.63, 3.8) is 0 Å². The summed E-state index contributed by atoms with van der Waals surface area (Å²) in [5.41, 5.74) is 3.41. The van der Waals surface area contributed by atoms with Gasteiger partial charge in [-0.1, -0.05) is 12.1 Å². The highest BCUT2D eigenvalue weighted by Crippen LogP contribution is 2.26. The molecule has 1 fully saturated rings. The molecule has 0 amide bonds. The molecule has 32 heavy (non-hydrogen) atoms. The molecule has 0 bridgehead atoms. The number of anilines is 1. The van der Waals surface area contributed by atoms with Crippen molar-refractivity contribution < 1.29 is 27.4 Å². The van der Waals surface area contributed by atoms with Crippen molar-refractivity contribution in [2.45, 2.75) is 25.9 Å². The topological polar surface area (TPSA) is 50.5 Å². The fourth-order valence-electron chi connectivity index (χ4n) is 3.49. The fraction of sp³-hybridized carbons (Fsp3) is 0.261. The first-order chi connectivity index (χ1) is 15.2. The molecule has 1 aliphatic heterocycles. The first kappa shape index (κ1) is 21.9. The number of halogens is 4. The Morgan fingerprint density at radius 3 is 2.53 bits per heavy atom. The van der Waals surface area contributed by atoms with Gasteiger partial charge in [0.25, 0.3) is 0 Å². The Kier molecular flexibility index (Phi) is 5.92. The van der Waals surface area contributed by atoms with Crippen molar-refractivity contribution >= 4 is 17.6 Å². The molecule has 0 spiro atoms. The second-order valence-corrected chi connectivity index (χ2v) is 7.66. The van der Waals surface area contributed by atoms with Gasteiger partial charge in [-0.2, -0.15) is 5.10 Å². The van der Waals surface area contributed by atoms with Crippen molar-refractivity contribution in [2.75, 3.05) is 18.0 Å². The number of β-amino-alcohol motifs (C(OH)–C–C–N with tert-alkyl or cyclic N) is 1. The molecular formula is C23H21F4N3O2. The molecule has 0 unspecified atom stereocenters. The minimum absolute atomic E-state index is 0.121. The molecule has 0 radical (unpaired) electrons. The maximum absolute atomic E-state index is 14.6. The van der Waals surface area contributed by atoms with Crippen molar-refractivity contribution in [3.8, 4) is 5.75 Å². The van der Waals surface area contributed by atoms with Crippen molar-refractivity contribution in [3.05, 3.63) is 77.1 Å². The summed E-state index contributed by atoms with van der Waals surface area (Å²) in [6.45, 7) is 3.58. The van der Waals surface area contributed by atoms with E-state index >= 15 is 0 Å². The number of aryl methyl sites for hydroxylation is 1. The zero-order valence-electron chi connectivity index (χ0n) is 17.2. The summed E-state index contributed by atoms with van der Waals surface area (Å²) < 4.78 is 56.9. The van der Waals surface area contributed by atoms with Crippen LogP contribution >= 0.6 is 0 Å². The van der Waals surface area contributed by atoms with Gasteiger partial charge in [0, 0.05) is 36.1 Å². The van der Waals surface area contributed by atoms with Gasteiger partial charge in [0.2, 0.25) is 0 Å². The zero-order valence-corrected chi connectivity index (χ0v) is 17.2. The Morgan fingerprint density at radius 2 is 1.88 bits per heavy atom. The average Bonchev–Trinajstić information content (AvgIpc) is 3.03. The lowest BCUT2D eigenvalue weighted by atomic mass is 10.1. The molecule has 2 heterocycles. The van der Waals surface area contributed by atoms with E-state index in [1.165, 1.54) is 18.2 Å². The molecule has 168 valence electrons. The quantitative estimate of drug-likeness (QED) is 0.553. The summed E-state index contributed by atoms with van der Waals surface area (Å²) in [4.78, 5) is 2.08. The zero-order chi connectivity index (χ0) is 22.9. The molecule has 3 aromatic rings. The van der Waals surface area contributed by atoms with Gasteiger partial charge < -0.3 is 14.7 Å². The Morgan fingerprint density at radius 1 is 1.16 bits per heavy atom. The van der Waals surface area contributed by atoms with E-state index in [2.05, 4.69) is 14.7 Å². The molecule has 4 rings (SSSR count). The Balaban J connectivity index is 1.46. The van der Waals surface area contributed by atoms with E-state index in [9.17, 15) is 22.7 Å². The predicted octanol–water partition coefficient (Wildman–Crippen LogP) is 4.79. The summed E-state index contributed by atoms with van der Waals surface area (Å²) >= 11 is 0. The summed E-state index contributed by atoms with van der Waals surface area (Å²) in [5.74, 6) is -1.03. The number of aliphatic hydroxyl groups excluding tert-OH is 1. The van der Waals surface area contributed by atoms with Gasteiger partial charge in [-0.15, -0.1) is 13.2 Å². The van der Waals surface area contributed by atoms with Crippen LogP contribution in [0.5, 0.6) is 5.75 Å². The van der Waals surface area contributed by atoms with Gasteiger partial charge in [-0.3, -0.25) is 4.68 Å². The molecular weight excluding hydrogens is 426 g/mol. The molecule has 1 N–H and O–H groups in total. The van der Waals surface area contributed by atoms with Gasteiger partial charge >= 0.3 is 6.36 Å². The number of aliphatic hydroxyl groups is 1. The lowest BCUT2D eigenvalue weighted by Gasteiger charge is -2.38. The normalized spacial score (nSPS) is 15.1. The van der Waals surface area contributed by atoms with Crippen molar-refractivity contribution in [1.82, 2.24) is 9.78 Å². The van der Waals surface area contributed by atoms with Crippen LogP contribution in [0.15, 0.2) is 54.6 Å². The third-order valence-electron chi connectivity index (χ3n) is 5.11. The number of hydrogen-bond donors (Lipinski definition) is 1. The molecule has 1 aliphatic rings. The number of aromatic nitrogens is 2. The minimum Gasteiger partial charge on any atom is -0.406 e. The monoisotopic (exact) mass is 447 g/mol. The molecule has 2 aromatic carbocycles. The highest BCUT2D eigenvalue weighted by molar-refractivity contribution is 5.75. The number of nitrogens with zero attached hydrogens (tertiary/aromatic N) is 3. The molecule has 0 saturated carbocycles. The molecule has 9 heteroatoms. The van der Waals surface area contributed by atoms with E-state index in [1.807, 2.05) is 31.2 Å². The minimum atomic E-state index is -4.80. The van der Waals surface area contributed by atoms with Crippen LogP contribution in [0.1, 0.15) is 22.5 Å². The largest absolute Gasteiger partial charge is 0.573 e. The smallest absolute Gasteiger partial charge is 0.406 e. The summed E-state index contributed by atoms with van der Waals surface area (Å²) in [6, 6.07) is 14.2. The lowest BCUT2D eigenvalue weighted by molar-refractivity contribution is -0.274. The van der Waals surface area contributed by atoms with Crippen LogP contribution in [0.4, 0.5) is 23.2 Å². The number of alkyl halides is 3. The number of benzene rings is 2. The lowest BCUT2D eigenvalue weighted by Crippen LogP contribution is -2.50. The Bertz CT molecular complexity index is 1120. The van der Waals surface area contributed by atoms with Crippen LogP contribution in [-0.4, -0.2) is 40.4 Å². The average molecular weight is 447 g/mol. The van der Waals surface area contributed by atoms with E-state index in [1.54, 1.807) is 10.7 Å². The van der Waals surface area contributed by atoms with Crippen LogP contribution < -0.4 is 9.64 Å². The van der Waals surface area contributed by atoms with E-state index < -0.39 is 17.9 Å². The summed E-state index contributed by atoms with van der Waals surface area (Å²) in [6.07, 6.45) is -3.85. The standard InChI is InChI=1S/C23H21F4N3O2/c1-15-9-18(11-22(24)17-5-7-21(8-6-17)32-23(25,26)27)28-30(15)12-16-3-2-4-19(10-16)29-13-20(31)14-29/h2-11,20,31H,12-14H2,1H3/b22-11-. The molecule has 0 aliphatic carbocycles. The second kappa shape index (κ2) is 8.66. The number of rotatable bonds is 6. The highest BCUT2D eigenvalue weighted by Gasteiger charge is 2.31.